The summed E-state index contributed by atoms with van der Waals surface area (Å²) in [5, 5.41) is 0.668. The van der Waals surface area contributed by atoms with Crippen LogP contribution in [0.2, 0.25) is 5.02 Å². The molecule has 0 aliphatic carbocycles. The highest BCUT2D eigenvalue weighted by Crippen LogP contribution is 2.33. The minimum absolute atomic E-state index is 0.216. The average Bonchev–Trinajstić information content (AvgIpc) is 3.20. The number of carbonyl (C=O) groups is 2. The first-order valence-electron chi connectivity index (χ1n) is 8.47. The molecule has 3 amide bonds. The Bertz CT molecular complexity index is 768. The van der Waals surface area contributed by atoms with Gasteiger partial charge in [0.15, 0.2) is 12.2 Å². The Morgan fingerprint density at radius 2 is 1.96 bits per heavy atom. The lowest BCUT2D eigenvalue weighted by atomic mass is 10.1. The van der Waals surface area contributed by atoms with E-state index in [0.717, 1.165) is 18.2 Å². The Kier molecular flexibility index (Phi) is 4.24. The van der Waals surface area contributed by atoms with Gasteiger partial charge in [0.2, 0.25) is 5.96 Å². The molecule has 0 radical (unpaired) electrons. The second kappa shape index (κ2) is 6.44. The fourth-order valence-electron chi connectivity index (χ4n) is 3.69. The van der Waals surface area contributed by atoms with Crippen LogP contribution in [0.25, 0.3) is 0 Å². The molecule has 0 aromatic heterocycles. The van der Waals surface area contributed by atoms with E-state index in [9.17, 15) is 9.59 Å². The van der Waals surface area contributed by atoms with Crippen LogP contribution in [-0.2, 0) is 9.53 Å². The summed E-state index contributed by atoms with van der Waals surface area (Å²) < 4.78 is 5.03. The van der Waals surface area contributed by atoms with Gasteiger partial charge in [-0.05, 0) is 24.3 Å². The lowest BCUT2D eigenvalue weighted by Gasteiger charge is -2.40. The van der Waals surface area contributed by atoms with Gasteiger partial charge in [0, 0.05) is 38.0 Å². The molecule has 8 nitrogen and oxygen atoms in total. The number of anilines is 1. The van der Waals surface area contributed by atoms with Crippen molar-refractivity contribution >= 4 is 35.2 Å². The maximum Gasteiger partial charge on any atom is 0.328 e. The van der Waals surface area contributed by atoms with Crippen molar-refractivity contribution in [2.24, 2.45) is 4.99 Å². The third-order valence-corrected chi connectivity index (χ3v) is 5.29. The number of urea groups is 1. The highest BCUT2D eigenvalue weighted by Gasteiger charge is 2.54. The highest BCUT2D eigenvalue weighted by atomic mass is 35.5. The van der Waals surface area contributed by atoms with Crippen molar-refractivity contribution < 1.29 is 14.3 Å². The third-order valence-electron chi connectivity index (χ3n) is 5.03. The zero-order valence-electron chi connectivity index (χ0n) is 14.6. The summed E-state index contributed by atoms with van der Waals surface area (Å²) in [5.41, 5.74) is 0.965. The van der Waals surface area contributed by atoms with E-state index >= 15 is 0 Å². The minimum atomic E-state index is -0.501. The summed E-state index contributed by atoms with van der Waals surface area (Å²) in [6, 6.07) is 6.69. The third kappa shape index (κ3) is 2.52. The van der Waals surface area contributed by atoms with Crippen LogP contribution >= 0.6 is 11.6 Å². The number of imide groups is 1. The number of ether oxygens (including phenoxy) is 1. The van der Waals surface area contributed by atoms with E-state index in [1.165, 1.54) is 9.80 Å². The number of rotatable bonds is 4. The molecule has 138 valence electrons. The van der Waals surface area contributed by atoms with Gasteiger partial charge >= 0.3 is 6.03 Å². The zero-order chi connectivity index (χ0) is 18.4. The summed E-state index contributed by atoms with van der Waals surface area (Å²) >= 11 is 5.98. The zero-order valence-corrected chi connectivity index (χ0v) is 15.4. The second-order valence-electron chi connectivity index (χ2n) is 6.49. The van der Waals surface area contributed by atoms with Crippen molar-refractivity contribution in [3.8, 4) is 0 Å². The molecule has 0 N–H and O–H groups in total. The minimum Gasteiger partial charge on any atom is -0.383 e. The van der Waals surface area contributed by atoms with E-state index in [-0.39, 0.29) is 18.5 Å². The van der Waals surface area contributed by atoms with Crippen LogP contribution in [0.1, 0.15) is 0 Å². The molecule has 2 saturated heterocycles. The fraction of sp³-hybridized carbons (Fsp3) is 0.471. The van der Waals surface area contributed by atoms with Crippen molar-refractivity contribution in [3.05, 3.63) is 29.3 Å². The summed E-state index contributed by atoms with van der Waals surface area (Å²) in [6.45, 7) is 1.96. The molecule has 4 rings (SSSR count). The largest absolute Gasteiger partial charge is 0.383 e. The molecule has 0 spiro atoms. The number of nitrogens with zero attached hydrogens (tertiary/aromatic N) is 5. The van der Waals surface area contributed by atoms with E-state index in [1.807, 2.05) is 29.2 Å². The number of carbonyl (C=O) groups excluding carboxylic acids is 2. The Morgan fingerprint density at radius 3 is 2.65 bits per heavy atom. The Hall–Kier alpha value is -2.32. The SMILES string of the molecule is COCCN1C(=O)C2C(N=C3N(c4ccc(Cl)cc4)CCN32)N(C)C1=O. The highest BCUT2D eigenvalue weighted by molar-refractivity contribution is 6.30. The number of amides is 3. The van der Waals surface area contributed by atoms with E-state index in [2.05, 4.69) is 4.90 Å². The number of fused-ring (bicyclic) bond motifs is 3. The second-order valence-corrected chi connectivity index (χ2v) is 6.92. The quantitative estimate of drug-likeness (QED) is 0.785. The standard InChI is InChI=1S/C17H20ClN5O3/c1-20-14-13(15(24)23(17(20)25)9-10-26-2)22-8-7-21(16(22)19-14)12-5-3-11(18)4-6-12/h3-6,13-14H,7-10H2,1-2H3. The molecule has 1 aromatic rings. The smallest absolute Gasteiger partial charge is 0.328 e. The maximum atomic E-state index is 13.0. The number of hydrogen-bond acceptors (Lipinski definition) is 6. The summed E-state index contributed by atoms with van der Waals surface area (Å²) in [5.74, 6) is 0.510. The van der Waals surface area contributed by atoms with Crippen LogP contribution in [0.5, 0.6) is 0 Å². The normalized spacial score (nSPS) is 25.0. The summed E-state index contributed by atoms with van der Waals surface area (Å²) in [7, 11) is 3.23. The molecule has 3 heterocycles. The van der Waals surface area contributed by atoms with Gasteiger partial charge in [-0.15, -0.1) is 0 Å². The van der Waals surface area contributed by atoms with Crippen LogP contribution < -0.4 is 4.90 Å². The molecule has 2 unspecified atom stereocenters. The summed E-state index contributed by atoms with van der Waals surface area (Å²) in [6.07, 6.45) is -0.501. The van der Waals surface area contributed by atoms with Crippen molar-refractivity contribution in [2.45, 2.75) is 12.2 Å². The van der Waals surface area contributed by atoms with Crippen LogP contribution in [0.15, 0.2) is 29.3 Å². The molecule has 9 heteroatoms. The van der Waals surface area contributed by atoms with Crippen LogP contribution in [0.4, 0.5) is 10.5 Å². The predicted molar refractivity (Wildman–Crippen MR) is 97.3 cm³/mol. The van der Waals surface area contributed by atoms with Gasteiger partial charge in [-0.1, -0.05) is 11.6 Å². The maximum absolute atomic E-state index is 13.0. The Labute approximate surface area is 156 Å². The number of methoxy groups -OCH3 is 1. The topological polar surface area (TPSA) is 68.7 Å². The molecule has 26 heavy (non-hydrogen) atoms. The molecule has 3 aliphatic heterocycles. The first-order valence-corrected chi connectivity index (χ1v) is 8.85. The first-order chi connectivity index (χ1) is 12.5. The van der Waals surface area contributed by atoms with E-state index in [1.54, 1.807) is 14.2 Å². The molecule has 2 fully saturated rings. The van der Waals surface area contributed by atoms with Crippen molar-refractivity contribution in [3.63, 3.8) is 0 Å². The van der Waals surface area contributed by atoms with Crippen molar-refractivity contribution in [2.75, 3.05) is 45.3 Å². The van der Waals surface area contributed by atoms with E-state index < -0.39 is 12.2 Å². The van der Waals surface area contributed by atoms with E-state index in [0.29, 0.717) is 18.2 Å². The molecule has 1 aromatic carbocycles. The van der Waals surface area contributed by atoms with Crippen LogP contribution in [0, 0.1) is 0 Å². The first kappa shape index (κ1) is 17.1. The lowest BCUT2D eigenvalue weighted by molar-refractivity contribution is -0.137. The molecular formula is C17H20ClN5O3. The average molecular weight is 378 g/mol. The number of guanidine groups is 1. The Morgan fingerprint density at radius 1 is 1.23 bits per heavy atom. The fourth-order valence-corrected chi connectivity index (χ4v) is 3.82. The summed E-state index contributed by atoms with van der Waals surface area (Å²) in [4.78, 5) is 37.1. The molecule has 0 bridgehead atoms. The number of hydrogen-bond donors (Lipinski definition) is 0. The van der Waals surface area contributed by atoms with Gasteiger partial charge in [0.25, 0.3) is 5.91 Å². The number of likely N-dealkylation sites (N-methyl/N-ethyl adjacent to an activating group) is 1. The van der Waals surface area contributed by atoms with Crippen LogP contribution in [0.3, 0.4) is 0 Å². The van der Waals surface area contributed by atoms with Gasteiger partial charge in [0.1, 0.15) is 0 Å². The predicted octanol–water partition coefficient (Wildman–Crippen LogP) is 1.07. The van der Waals surface area contributed by atoms with Gasteiger partial charge < -0.3 is 19.4 Å². The van der Waals surface area contributed by atoms with Crippen LogP contribution in [-0.4, -0.2) is 85.2 Å². The molecule has 3 aliphatic rings. The Balaban J connectivity index is 1.63. The van der Waals surface area contributed by atoms with Crippen molar-refractivity contribution in [1.82, 2.24) is 14.7 Å². The number of benzene rings is 1. The molecular weight excluding hydrogens is 358 g/mol. The van der Waals surface area contributed by atoms with E-state index in [4.69, 9.17) is 21.3 Å². The van der Waals surface area contributed by atoms with Gasteiger partial charge in [-0.3, -0.25) is 9.69 Å². The number of halogens is 1. The van der Waals surface area contributed by atoms with Gasteiger partial charge in [0.05, 0.1) is 13.2 Å². The lowest BCUT2D eigenvalue weighted by Crippen LogP contribution is -2.65. The monoisotopic (exact) mass is 377 g/mol. The van der Waals surface area contributed by atoms with Gasteiger partial charge in [-0.25, -0.2) is 9.79 Å². The molecule has 2 atom stereocenters. The van der Waals surface area contributed by atoms with Crippen molar-refractivity contribution in [1.29, 1.82) is 0 Å². The molecule has 0 saturated carbocycles. The number of aliphatic imine (C=N–C) groups is 1. The van der Waals surface area contributed by atoms with Gasteiger partial charge in [-0.2, -0.15) is 0 Å².